The van der Waals surface area contributed by atoms with Gasteiger partial charge in [-0.25, -0.2) is 0 Å². The molecule has 4 nitrogen and oxygen atoms in total. The quantitative estimate of drug-likeness (QED) is 0.142. The van der Waals surface area contributed by atoms with Crippen LogP contribution in [-0.2, 0) is 0 Å². The van der Waals surface area contributed by atoms with E-state index in [2.05, 4.69) is 243 Å². The SMILES string of the molecule is c1ccc2c(c1)oc1c(-c3cc[c]([Ge]([c]4ccc(-c5cccc6c5oc5ccccc56)cc4)([c]4ccc(-c5cccc6c5oc5ccccc56)cc4)[c]4ccc(-c5cccc6c5oc5ccccc56)cc4)cc3)cccc12. The summed E-state index contributed by atoms with van der Waals surface area (Å²) >= 11 is -4.05. The van der Waals surface area contributed by atoms with E-state index in [9.17, 15) is 0 Å². The fourth-order valence-corrected chi connectivity index (χ4v) is 22.3. The van der Waals surface area contributed by atoms with Crippen molar-refractivity contribution in [2.45, 2.75) is 0 Å². The number of para-hydroxylation sites is 8. The van der Waals surface area contributed by atoms with Crippen LogP contribution >= 0.6 is 0 Å². The normalized spacial score (nSPS) is 12.2. The second-order valence-electron chi connectivity index (χ2n) is 20.2. The molecule has 0 saturated carbocycles. The minimum absolute atomic E-state index is 0.889. The Kier molecular flexibility index (Phi) is 9.78. The molecule has 0 radical (unpaired) electrons. The molecule has 0 amide bonds. The van der Waals surface area contributed by atoms with E-state index in [0.717, 1.165) is 132 Å². The van der Waals surface area contributed by atoms with E-state index < -0.39 is 13.3 Å². The molecule has 0 saturated heterocycles. The summed E-state index contributed by atoms with van der Waals surface area (Å²) in [5.74, 6) is 0. The van der Waals surface area contributed by atoms with Gasteiger partial charge in [0, 0.05) is 0 Å². The van der Waals surface area contributed by atoms with E-state index in [1.807, 2.05) is 24.3 Å². The third-order valence-corrected chi connectivity index (χ3v) is 26.2. The molecule has 0 aliphatic heterocycles. The summed E-state index contributed by atoms with van der Waals surface area (Å²) in [6.07, 6.45) is 0. The van der Waals surface area contributed by atoms with Gasteiger partial charge >= 0.3 is 448 Å². The first kappa shape index (κ1) is 43.8. The first-order valence-electron chi connectivity index (χ1n) is 26.2. The molecule has 12 aromatic carbocycles. The van der Waals surface area contributed by atoms with Crippen molar-refractivity contribution < 1.29 is 17.7 Å². The number of furan rings is 4. The van der Waals surface area contributed by atoms with Gasteiger partial charge in [0.15, 0.2) is 0 Å². The average molecular weight is 1050 g/mol. The Labute approximate surface area is 445 Å². The molecule has 77 heavy (non-hydrogen) atoms. The summed E-state index contributed by atoms with van der Waals surface area (Å²) < 4.78 is 31.6. The zero-order chi connectivity index (χ0) is 50.6. The molecule has 16 rings (SSSR count). The second kappa shape index (κ2) is 17.2. The van der Waals surface area contributed by atoms with Crippen molar-refractivity contribution in [1.82, 2.24) is 0 Å². The maximum atomic E-state index is 6.61. The molecule has 4 heterocycles. The molecule has 0 atom stereocenters. The third kappa shape index (κ3) is 6.72. The zero-order valence-corrected chi connectivity index (χ0v) is 43.6. The topological polar surface area (TPSA) is 52.6 Å². The number of benzene rings is 12. The van der Waals surface area contributed by atoms with E-state index in [0.29, 0.717) is 0 Å². The number of hydrogen-bond acceptors (Lipinski definition) is 4. The minimum atomic E-state index is -4.05. The molecule has 0 unspecified atom stereocenters. The number of rotatable bonds is 8. The predicted molar refractivity (Wildman–Crippen MR) is 321 cm³/mol. The van der Waals surface area contributed by atoms with Gasteiger partial charge in [0.25, 0.3) is 0 Å². The van der Waals surface area contributed by atoms with E-state index in [-0.39, 0.29) is 0 Å². The standard InChI is InChI=1S/C72H44GeO4/c1-5-25-65-57(13-1)61-21-9-17-53(69(61)74-65)45-29-37-49(38-30-45)73(50-39-31-46(32-40-50)54-18-10-22-62-58-14-2-6-26-66(58)75-70(54)62,51-41-33-47(34-42-51)55-19-11-23-63-59-15-3-7-27-67(59)76-71(55)63)52-43-35-48(36-44-52)56-20-12-24-64-60-16-4-8-28-68(60)77-72(56)64/h1-44H. The third-order valence-electron chi connectivity index (χ3n) is 16.1. The van der Waals surface area contributed by atoms with E-state index in [1.54, 1.807) is 0 Å². The van der Waals surface area contributed by atoms with Crippen molar-refractivity contribution >= 4 is 119 Å². The van der Waals surface area contributed by atoms with Gasteiger partial charge < -0.3 is 0 Å². The Morgan fingerprint density at radius 2 is 0.390 bits per heavy atom. The molecule has 360 valence electrons. The van der Waals surface area contributed by atoms with Crippen LogP contribution in [0.3, 0.4) is 0 Å². The average Bonchev–Trinajstić information content (AvgIpc) is 4.30. The first-order valence-corrected chi connectivity index (χ1v) is 30.4. The van der Waals surface area contributed by atoms with Crippen LogP contribution in [0.15, 0.2) is 285 Å². The monoisotopic (exact) mass is 1050 g/mol. The fourth-order valence-electron chi connectivity index (χ4n) is 12.5. The van der Waals surface area contributed by atoms with Crippen LogP contribution in [0.1, 0.15) is 0 Å². The Morgan fingerprint density at radius 3 is 0.623 bits per heavy atom. The van der Waals surface area contributed by atoms with Crippen LogP contribution in [0.5, 0.6) is 0 Å². The molecule has 4 aromatic heterocycles. The molecule has 0 spiro atoms. The fraction of sp³-hybridized carbons (Fsp3) is 0. The maximum absolute atomic E-state index is 6.61. The van der Waals surface area contributed by atoms with Gasteiger partial charge in [-0.1, -0.05) is 0 Å². The van der Waals surface area contributed by atoms with Crippen molar-refractivity contribution in [3.8, 4) is 44.5 Å². The summed E-state index contributed by atoms with van der Waals surface area (Å²) in [5, 5.41) is 8.94. The van der Waals surface area contributed by atoms with Crippen molar-refractivity contribution in [2.75, 3.05) is 0 Å². The Hall–Kier alpha value is -9.62. The van der Waals surface area contributed by atoms with Crippen LogP contribution in [0.4, 0.5) is 0 Å². The van der Waals surface area contributed by atoms with Gasteiger partial charge in [0.1, 0.15) is 0 Å². The van der Waals surface area contributed by atoms with Crippen LogP contribution in [0.2, 0.25) is 0 Å². The Balaban J connectivity index is 0.914. The molecule has 0 bridgehead atoms. The van der Waals surface area contributed by atoms with Crippen LogP contribution in [0, 0.1) is 0 Å². The molecule has 0 N–H and O–H groups in total. The van der Waals surface area contributed by atoms with Gasteiger partial charge in [0.05, 0.1) is 0 Å². The molecular weight excluding hydrogens is 1000 g/mol. The Morgan fingerprint density at radius 1 is 0.182 bits per heavy atom. The summed E-state index contributed by atoms with van der Waals surface area (Å²) in [7, 11) is 0. The van der Waals surface area contributed by atoms with Gasteiger partial charge in [-0.15, -0.1) is 0 Å². The van der Waals surface area contributed by atoms with Gasteiger partial charge in [-0.2, -0.15) is 0 Å². The molecule has 0 aliphatic rings. The van der Waals surface area contributed by atoms with Crippen molar-refractivity contribution in [3.63, 3.8) is 0 Å². The molecule has 16 aromatic rings. The summed E-state index contributed by atoms with van der Waals surface area (Å²) in [5.41, 5.74) is 15.8. The number of fused-ring (bicyclic) bond motifs is 12. The van der Waals surface area contributed by atoms with Crippen LogP contribution in [-0.4, -0.2) is 13.3 Å². The second-order valence-corrected chi connectivity index (χ2v) is 28.2. The van der Waals surface area contributed by atoms with Gasteiger partial charge in [0.2, 0.25) is 0 Å². The molecule has 0 aliphatic carbocycles. The molecule has 0 fully saturated rings. The summed E-state index contributed by atoms with van der Waals surface area (Å²) in [6, 6.07) is 96.8. The Bertz CT molecular complexity index is 4320. The van der Waals surface area contributed by atoms with Gasteiger partial charge in [-0.3, -0.25) is 0 Å². The zero-order valence-electron chi connectivity index (χ0n) is 41.5. The van der Waals surface area contributed by atoms with Crippen molar-refractivity contribution in [1.29, 1.82) is 0 Å². The van der Waals surface area contributed by atoms with Gasteiger partial charge in [-0.05, 0) is 0 Å². The number of hydrogen-bond donors (Lipinski definition) is 0. The molecular formula is C72H44GeO4. The van der Waals surface area contributed by atoms with E-state index in [4.69, 9.17) is 17.7 Å². The summed E-state index contributed by atoms with van der Waals surface area (Å²) in [4.78, 5) is 0. The van der Waals surface area contributed by atoms with Crippen molar-refractivity contribution in [3.05, 3.63) is 267 Å². The van der Waals surface area contributed by atoms with Crippen LogP contribution < -0.4 is 17.6 Å². The van der Waals surface area contributed by atoms with E-state index >= 15 is 0 Å². The van der Waals surface area contributed by atoms with Crippen molar-refractivity contribution in [2.24, 2.45) is 0 Å². The predicted octanol–water partition coefficient (Wildman–Crippen LogP) is 17.3. The van der Waals surface area contributed by atoms with Crippen LogP contribution in [0.25, 0.3) is 132 Å². The molecule has 5 heteroatoms. The first-order chi connectivity index (χ1) is 38.2. The summed E-state index contributed by atoms with van der Waals surface area (Å²) in [6.45, 7) is 0. The van der Waals surface area contributed by atoms with E-state index in [1.165, 1.54) is 17.6 Å².